The highest BCUT2D eigenvalue weighted by molar-refractivity contribution is 7.13. The normalized spacial score (nSPS) is 17.6. The van der Waals surface area contributed by atoms with Crippen molar-refractivity contribution in [3.8, 4) is 0 Å². The summed E-state index contributed by atoms with van der Waals surface area (Å²) in [4.78, 5) is 20.4. The second-order valence-electron chi connectivity index (χ2n) is 5.20. The van der Waals surface area contributed by atoms with Crippen molar-refractivity contribution in [2.45, 2.75) is 12.8 Å². The number of halogens is 1. The summed E-state index contributed by atoms with van der Waals surface area (Å²) in [6, 6.07) is 0. The number of likely N-dealkylation sites (tertiary alicyclic amines) is 1. The summed E-state index contributed by atoms with van der Waals surface area (Å²) in [5.74, 6) is 0.621. The van der Waals surface area contributed by atoms with Gasteiger partial charge < -0.3 is 9.80 Å². The highest BCUT2D eigenvalue weighted by Crippen LogP contribution is 2.23. The van der Waals surface area contributed by atoms with Crippen LogP contribution in [0.15, 0.2) is 5.38 Å². The van der Waals surface area contributed by atoms with Gasteiger partial charge >= 0.3 is 0 Å². The lowest BCUT2D eigenvalue weighted by molar-refractivity contribution is 0.101. The molecule has 1 saturated heterocycles. The van der Waals surface area contributed by atoms with E-state index in [4.69, 9.17) is 11.6 Å². The molecule has 0 bridgehead atoms. The van der Waals surface area contributed by atoms with E-state index in [0.29, 0.717) is 5.69 Å². The Hall–Kier alpha value is -0.650. The van der Waals surface area contributed by atoms with Crippen molar-refractivity contribution in [3.05, 3.63) is 11.1 Å². The number of thiazole rings is 1. The van der Waals surface area contributed by atoms with Crippen LogP contribution in [0.4, 0.5) is 5.13 Å². The highest BCUT2D eigenvalue weighted by atomic mass is 35.5. The van der Waals surface area contributed by atoms with Gasteiger partial charge in [0, 0.05) is 19.0 Å². The number of carbonyl (C=O) groups excluding carboxylic acids is 1. The molecule has 2 rings (SSSR count). The Morgan fingerprint density at radius 2 is 2.26 bits per heavy atom. The quantitative estimate of drug-likeness (QED) is 0.618. The predicted molar refractivity (Wildman–Crippen MR) is 80.7 cm³/mol. The molecule has 1 fully saturated rings. The molecule has 0 radical (unpaired) electrons. The number of hydrogen-bond donors (Lipinski definition) is 0. The Morgan fingerprint density at radius 1 is 1.58 bits per heavy atom. The zero-order valence-corrected chi connectivity index (χ0v) is 13.0. The summed E-state index contributed by atoms with van der Waals surface area (Å²) < 4.78 is 0. The average molecular weight is 302 g/mol. The van der Waals surface area contributed by atoms with Crippen LogP contribution >= 0.6 is 22.9 Å². The molecule has 1 aliphatic rings. The standard InChI is InChI=1S/C13H20ClN3OS/c1-16-5-3-10(4-6-16)8-17(2)13-15-11(9-19-13)12(18)7-14/h9-10H,3-8H2,1-2H3. The molecule has 6 heteroatoms. The Bertz CT molecular complexity index is 429. The van der Waals surface area contributed by atoms with Gasteiger partial charge in [-0.15, -0.1) is 22.9 Å². The molecular weight excluding hydrogens is 282 g/mol. The molecule has 0 amide bonds. The monoisotopic (exact) mass is 301 g/mol. The third-order valence-electron chi connectivity index (χ3n) is 3.60. The first-order valence-corrected chi connectivity index (χ1v) is 7.96. The van der Waals surface area contributed by atoms with Crippen LogP contribution in [0.25, 0.3) is 0 Å². The zero-order valence-electron chi connectivity index (χ0n) is 11.4. The SMILES string of the molecule is CN1CCC(CN(C)c2nc(C(=O)CCl)cs2)CC1. The first-order valence-electron chi connectivity index (χ1n) is 6.54. The Kier molecular flexibility index (Phi) is 5.19. The lowest BCUT2D eigenvalue weighted by Gasteiger charge is -2.31. The Balaban J connectivity index is 1.90. The van der Waals surface area contributed by atoms with Crippen LogP contribution in [0.3, 0.4) is 0 Å². The first-order chi connectivity index (χ1) is 9.10. The summed E-state index contributed by atoms with van der Waals surface area (Å²) in [5, 5.41) is 2.71. The van der Waals surface area contributed by atoms with E-state index < -0.39 is 0 Å². The van der Waals surface area contributed by atoms with Crippen molar-refractivity contribution in [1.82, 2.24) is 9.88 Å². The number of Topliss-reactive ketones (excluding diaryl/α,β-unsaturated/α-hetero) is 1. The Morgan fingerprint density at radius 3 is 2.89 bits per heavy atom. The number of ketones is 1. The second kappa shape index (κ2) is 6.68. The predicted octanol–water partition coefficient (Wildman–Crippen LogP) is 2.34. The fourth-order valence-electron chi connectivity index (χ4n) is 2.35. The van der Waals surface area contributed by atoms with Crippen LogP contribution in [0.5, 0.6) is 0 Å². The lowest BCUT2D eigenvalue weighted by atomic mass is 9.97. The third kappa shape index (κ3) is 3.91. The van der Waals surface area contributed by atoms with Crippen molar-refractivity contribution in [2.24, 2.45) is 5.92 Å². The summed E-state index contributed by atoms with van der Waals surface area (Å²) >= 11 is 7.06. The smallest absolute Gasteiger partial charge is 0.196 e. The number of carbonyl (C=O) groups is 1. The van der Waals surface area contributed by atoms with Crippen molar-refractivity contribution in [3.63, 3.8) is 0 Å². The third-order valence-corrected chi connectivity index (χ3v) is 4.79. The highest BCUT2D eigenvalue weighted by Gasteiger charge is 2.20. The molecule has 1 aromatic heterocycles. The molecule has 1 aliphatic heterocycles. The van der Waals surface area contributed by atoms with E-state index in [0.717, 1.165) is 17.6 Å². The topological polar surface area (TPSA) is 36.4 Å². The zero-order chi connectivity index (χ0) is 13.8. The molecule has 0 saturated carbocycles. The molecule has 1 aromatic rings. The van der Waals surface area contributed by atoms with Crippen LogP contribution in [0, 0.1) is 5.92 Å². The van der Waals surface area contributed by atoms with E-state index in [9.17, 15) is 4.79 Å². The summed E-state index contributed by atoms with van der Waals surface area (Å²) in [6.07, 6.45) is 2.47. The van der Waals surface area contributed by atoms with E-state index >= 15 is 0 Å². The van der Waals surface area contributed by atoms with Crippen LogP contribution in [-0.4, -0.2) is 55.3 Å². The van der Waals surface area contributed by atoms with Gasteiger partial charge in [-0.05, 0) is 38.9 Å². The minimum Gasteiger partial charge on any atom is -0.351 e. The van der Waals surface area contributed by atoms with Gasteiger partial charge in [-0.25, -0.2) is 4.98 Å². The average Bonchev–Trinajstić information content (AvgIpc) is 2.90. The van der Waals surface area contributed by atoms with Crippen molar-refractivity contribution < 1.29 is 4.79 Å². The van der Waals surface area contributed by atoms with Crippen LogP contribution in [0.2, 0.25) is 0 Å². The largest absolute Gasteiger partial charge is 0.351 e. The lowest BCUT2D eigenvalue weighted by Crippen LogP contribution is -2.35. The molecule has 0 unspecified atom stereocenters. The maximum absolute atomic E-state index is 11.5. The van der Waals surface area contributed by atoms with E-state index in [-0.39, 0.29) is 11.7 Å². The minimum absolute atomic E-state index is 0.00183. The Labute approximate surface area is 123 Å². The van der Waals surface area contributed by atoms with Crippen LogP contribution in [-0.2, 0) is 0 Å². The minimum atomic E-state index is -0.100. The van der Waals surface area contributed by atoms with Crippen molar-refractivity contribution >= 4 is 33.9 Å². The van der Waals surface area contributed by atoms with Gasteiger partial charge in [-0.2, -0.15) is 0 Å². The summed E-state index contributed by atoms with van der Waals surface area (Å²) in [5.41, 5.74) is 0.491. The van der Waals surface area contributed by atoms with E-state index in [1.165, 1.54) is 37.3 Å². The number of hydrogen-bond acceptors (Lipinski definition) is 5. The van der Waals surface area contributed by atoms with Gasteiger partial charge in [-0.3, -0.25) is 4.79 Å². The van der Waals surface area contributed by atoms with Crippen LogP contribution in [0.1, 0.15) is 23.3 Å². The van der Waals surface area contributed by atoms with Crippen molar-refractivity contribution in [1.29, 1.82) is 0 Å². The molecule has 0 aromatic carbocycles. The van der Waals surface area contributed by atoms with E-state index in [1.807, 2.05) is 7.05 Å². The maximum atomic E-state index is 11.5. The van der Waals surface area contributed by atoms with E-state index in [2.05, 4.69) is 21.8 Å². The van der Waals surface area contributed by atoms with Crippen LogP contribution < -0.4 is 4.90 Å². The summed E-state index contributed by atoms with van der Waals surface area (Å²) in [6.45, 7) is 3.36. The van der Waals surface area contributed by atoms with Gasteiger partial charge in [-0.1, -0.05) is 0 Å². The number of anilines is 1. The molecule has 106 valence electrons. The second-order valence-corrected chi connectivity index (χ2v) is 6.30. The number of aromatic nitrogens is 1. The molecule has 0 spiro atoms. The van der Waals surface area contributed by atoms with Crippen molar-refractivity contribution in [2.75, 3.05) is 44.5 Å². The van der Waals surface area contributed by atoms with E-state index in [1.54, 1.807) is 5.38 Å². The summed E-state index contributed by atoms with van der Waals surface area (Å²) in [7, 11) is 4.22. The number of alkyl halides is 1. The molecule has 0 aliphatic carbocycles. The fraction of sp³-hybridized carbons (Fsp3) is 0.692. The molecule has 0 N–H and O–H groups in total. The maximum Gasteiger partial charge on any atom is 0.196 e. The van der Waals surface area contributed by atoms with Gasteiger partial charge in [0.2, 0.25) is 0 Å². The number of nitrogens with zero attached hydrogens (tertiary/aromatic N) is 3. The van der Waals surface area contributed by atoms with Gasteiger partial charge in [0.1, 0.15) is 5.69 Å². The fourth-order valence-corrected chi connectivity index (χ4v) is 3.29. The first kappa shape index (κ1) is 14.8. The molecule has 2 heterocycles. The molecule has 0 atom stereocenters. The van der Waals surface area contributed by atoms with Gasteiger partial charge in [0.05, 0.1) is 5.88 Å². The molecular formula is C13H20ClN3OS. The number of piperidine rings is 1. The van der Waals surface area contributed by atoms with Gasteiger partial charge in [0.25, 0.3) is 0 Å². The van der Waals surface area contributed by atoms with Gasteiger partial charge in [0.15, 0.2) is 10.9 Å². The molecule has 4 nitrogen and oxygen atoms in total. The number of rotatable bonds is 5. The molecule has 19 heavy (non-hydrogen) atoms.